The van der Waals surface area contributed by atoms with Crippen molar-refractivity contribution in [3.05, 3.63) is 115 Å². The van der Waals surface area contributed by atoms with E-state index < -0.39 is 5.92 Å². The van der Waals surface area contributed by atoms with E-state index in [0.29, 0.717) is 44.1 Å². The van der Waals surface area contributed by atoms with Gasteiger partial charge in [0.15, 0.2) is 23.1 Å². The standard InChI is InChI=1S/C39H41Br2NO4/c1-6-45-33-17-26(16-28(41)37(33)46-23-25-12-14-27(40)15-13-25)34-35-29(18-38(2,3)20-31(35)43)42(22-24-10-8-7-9-11-24)30-19-39(4,5)21-32(44)36(30)34/h7-17,34H,6,18-23H2,1-5H3. The van der Waals surface area contributed by atoms with Crippen LogP contribution in [-0.2, 0) is 22.7 Å². The molecule has 0 bridgehead atoms. The summed E-state index contributed by atoms with van der Waals surface area (Å²) in [4.78, 5) is 30.9. The third kappa shape index (κ3) is 6.64. The predicted molar refractivity (Wildman–Crippen MR) is 189 cm³/mol. The second-order valence-electron chi connectivity index (χ2n) is 14.3. The zero-order valence-electron chi connectivity index (χ0n) is 27.2. The molecule has 2 aliphatic carbocycles. The summed E-state index contributed by atoms with van der Waals surface area (Å²) in [5.74, 6) is 0.948. The maximum atomic E-state index is 14.3. The lowest BCUT2D eigenvalue weighted by Gasteiger charge is -2.49. The first-order valence-electron chi connectivity index (χ1n) is 16.0. The van der Waals surface area contributed by atoms with E-state index in [-0.39, 0.29) is 22.4 Å². The minimum absolute atomic E-state index is 0.114. The number of carbonyl (C=O) groups excluding carboxylic acids is 2. The Morgan fingerprint density at radius 1 is 0.761 bits per heavy atom. The number of ketones is 2. The summed E-state index contributed by atoms with van der Waals surface area (Å²) in [7, 11) is 0. The van der Waals surface area contributed by atoms with Crippen molar-refractivity contribution in [1.29, 1.82) is 0 Å². The average molecular weight is 748 g/mol. The van der Waals surface area contributed by atoms with Gasteiger partial charge in [-0.1, -0.05) is 86.1 Å². The van der Waals surface area contributed by atoms with E-state index in [4.69, 9.17) is 9.47 Å². The van der Waals surface area contributed by atoms with Gasteiger partial charge in [-0.25, -0.2) is 0 Å². The van der Waals surface area contributed by atoms with Gasteiger partial charge in [0.2, 0.25) is 0 Å². The molecule has 0 aromatic heterocycles. The molecule has 0 spiro atoms. The molecule has 1 heterocycles. The number of carbonyl (C=O) groups is 2. The van der Waals surface area contributed by atoms with Gasteiger partial charge < -0.3 is 14.4 Å². The van der Waals surface area contributed by atoms with Crippen LogP contribution in [0.3, 0.4) is 0 Å². The van der Waals surface area contributed by atoms with Gasteiger partial charge in [-0.15, -0.1) is 0 Å². The molecule has 46 heavy (non-hydrogen) atoms. The fourth-order valence-corrected chi connectivity index (χ4v) is 8.07. The number of halogens is 2. The summed E-state index contributed by atoms with van der Waals surface area (Å²) in [6, 6.07) is 22.4. The molecule has 0 radical (unpaired) electrons. The second-order valence-corrected chi connectivity index (χ2v) is 16.1. The molecular weight excluding hydrogens is 706 g/mol. The van der Waals surface area contributed by atoms with Crippen LogP contribution in [-0.4, -0.2) is 23.1 Å². The van der Waals surface area contributed by atoms with Crippen molar-refractivity contribution in [3.63, 3.8) is 0 Å². The Bertz CT molecular complexity index is 1680. The summed E-state index contributed by atoms with van der Waals surface area (Å²) in [6.07, 6.45) is 2.41. The Morgan fingerprint density at radius 2 is 1.35 bits per heavy atom. The molecule has 3 aromatic carbocycles. The van der Waals surface area contributed by atoms with Crippen molar-refractivity contribution in [3.8, 4) is 11.5 Å². The van der Waals surface area contributed by atoms with E-state index in [1.807, 2.05) is 61.5 Å². The number of nitrogens with zero attached hydrogens (tertiary/aromatic N) is 1. The lowest BCUT2D eigenvalue weighted by atomic mass is 9.63. The highest BCUT2D eigenvalue weighted by molar-refractivity contribution is 9.10. The van der Waals surface area contributed by atoms with Crippen LogP contribution >= 0.6 is 31.9 Å². The molecule has 0 saturated heterocycles. The fraction of sp³-hybridized carbons (Fsp3) is 0.385. The van der Waals surface area contributed by atoms with Gasteiger partial charge >= 0.3 is 0 Å². The van der Waals surface area contributed by atoms with Gasteiger partial charge in [0, 0.05) is 52.3 Å². The van der Waals surface area contributed by atoms with Gasteiger partial charge in [-0.2, -0.15) is 0 Å². The van der Waals surface area contributed by atoms with Gasteiger partial charge in [-0.3, -0.25) is 9.59 Å². The number of hydrogen-bond acceptors (Lipinski definition) is 5. The van der Waals surface area contributed by atoms with E-state index in [0.717, 1.165) is 61.0 Å². The summed E-state index contributed by atoms with van der Waals surface area (Å²) < 4.78 is 14.2. The van der Waals surface area contributed by atoms with E-state index in [1.54, 1.807) is 0 Å². The maximum absolute atomic E-state index is 14.3. The molecule has 0 amide bonds. The SMILES string of the molecule is CCOc1cc(C2C3=C(CC(C)(C)CC3=O)N(Cc3ccccc3)C3=C2C(=O)CC(C)(C)C3)cc(Br)c1OCc1ccc(Br)cc1. The van der Waals surface area contributed by atoms with E-state index in [2.05, 4.69) is 76.6 Å². The second kappa shape index (κ2) is 12.8. The van der Waals surface area contributed by atoms with E-state index in [1.165, 1.54) is 0 Å². The number of benzene rings is 3. The van der Waals surface area contributed by atoms with Crippen molar-refractivity contribution >= 4 is 43.4 Å². The molecule has 7 heteroatoms. The monoisotopic (exact) mass is 745 g/mol. The van der Waals surface area contributed by atoms with E-state index in [9.17, 15) is 9.59 Å². The highest BCUT2D eigenvalue weighted by Crippen LogP contribution is 2.56. The first-order chi connectivity index (χ1) is 21.9. The summed E-state index contributed by atoms with van der Waals surface area (Å²) in [5, 5.41) is 0. The lowest BCUT2D eigenvalue weighted by Crippen LogP contribution is -2.44. The van der Waals surface area contributed by atoms with Crippen LogP contribution in [0.4, 0.5) is 0 Å². The van der Waals surface area contributed by atoms with Crippen molar-refractivity contribution in [1.82, 2.24) is 4.90 Å². The quantitative estimate of drug-likeness (QED) is 0.230. The highest BCUT2D eigenvalue weighted by atomic mass is 79.9. The molecule has 1 aliphatic heterocycles. The molecule has 3 aliphatic rings. The molecule has 5 nitrogen and oxygen atoms in total. The minimum Gasteiger partial charge on any atom is -0.490 e. The zero-order valence-corrected chi connectivity index (χ0v) is 30.4. The lowest BCUT2D eigenvalue weighted by molar-refractivity contribution is -0.119. The Labute approximate surface area is 289 Å². The number of ether oxygens (including phenoxy) is 2. The third-order valence-corrected chi connectivity index (χ3v) is 10.3. The van der Waals surface area contributed by atoms with Crippen LogP contribution in [0.1, 0.15) is 82.9 Å². The van der Waals surface area contributed by atoms with Gasteiger partial charge in [0.1, 0.15) is 6.61 Å². The molecular formula is C39H41Br2NO4. The molecule has 0 fully saturated rings. The molecule has 0 saturated carbocycles. The molecule has 3 aromatic rings. The number of hydrogen-bond donors (Lipinski definition) is 0. The van der Waals surface area contributed by atoms with Gasteiger partial charge in [0.05, 0.1) is 11.1 Å². The first-order valence-corrected chi connectivity index (χ1v) is 17.6. The fourth-order valence-electron chi connectivity index (χ4n) is 7.23. The van der Waals surface area contributed by atoms with Crippen LogP contribution < -0.4 is 9.47 Å². The topological polar surface area (TPSA) is 55.8 Å². The smallest absolute Gasteiger partial charge is 0.175 e. The predicted octanol–water partition coefficient (Wildman–Crippen LogP) is 10.1. The van der Waals surface area contributed by atoms with Gasteiger partial charge in [-0.05, 0) is 87.5 Å². The maximum Gasteiger partial charge on any atom is 0.175 e. The molecule has 0 atom stereocenters. The molecule has 240 valence electrons. The van der Waals surface area contributed by atoms with Crippen molar-refractivity contribution in [2.24, 2.45) is 10.8 Å². The van der Waals surface area contributed by atoms with Crippen molar-refractivity contribution < 1.29 is 19.1 Å². The third-order valence-electron chi connectivity index (χ3n) is 9.17. The van der Waals surface area contributed by atoms with Crippen LogP contribution in [0.15, 0.2) is 98.2 Å². The summed E-state index contributed by atoms with van der Waals surface area (Å²) in [6.45, 7) is 12.1. The number of rotatable bonds is 8. The normalized spacial score (nSPS) is 19.2. The Balaban J connectivity index is 1.51. The highest BCUT2D eigenvalue weighted by Gasteiger charge is 2.49. The Morgan fingerprint density at radius 3 is 1.91 bits per heavy atom. The van der Waals surface area contributed by atoms with Crippen LogP contribution in [0.2, 0.25) is 0 Å². The van der Waals surface area contributed by atoms with Crippen LogP contribution in [0.5, 0.6) is 11.5 Å². The molecule has 0 N–H and O–H groups in total. The minimum atomic E-state index is -0.472. The summed E-state index contributed by atoms with van der Waals surface area (Å²) >= 11 is 7.29. The molecule has 6 rings (SSSR count). The largest absolute Gasteiger partial charge is 0.490 e. The number of Topliss-reactive ketones (excluding diaryl/α,β-unsaturated/α-hetero) is 2. The van der Waals surface area contributed by atoms with Crippen LogP contribution in [0, 0.1) is 10.8 Å². The van der Waals surface area contributed by atoms with Gasteiger partial charge in [0.25, 0.3) is 0 Å². The first kappa shape index (κ1) is 32.8. The van der Waals surface area contributed by atoms with E-state index >= 15 is 0 Å². The zero-order chi connectivity index (χ0) is 32.8. The molecule has 0 unspecified atom stereocenters. The summed E-state index contributed by atoms with van der Waals surface area (Å²) in [5.41, 5.74) is 6.26. The average Bonchev–Trinajstić information content (AvgIpc) is 2.97. The van der Waals surface area contributed by atoms with Crippen molar-refractivity contribution in [2.75, 3.05) is 6.61 Å². The Hall–Kier alpha value is -3.16. The van der Waals surface area contributed by atoms with Crippen LogP contribution in [0.25, 0.3) is 0 Å². The van der Waals surface area contributed by atoms with Crippen molar-refractivity contribution in [2.45, 2.75) is 79.4 Å². The Kier molecular flexibility index (Phi) is 9.12. The number of allylic oxidation sites excluding steroid dienone is 4.